The molecule has 0 bridgehead atoms. The number of para-hydroxylation sites is 1. The minimum atomic E-state index is 0.0417. The summed E-state index contributed by atoms with van der Waals surface area (Å²) in [6.07, 6.45) is 11.6. The van der Waals surface area contributed by atoms with Crippen LogP contribution >= 0.6 is 0 Å². The first-order valence-corrected chi connectivity index (χ1v) is 21.6. The molecular formula is C58H41N3O. The minimum absolute atomic E-state index is 0.0417. The molecule has 0 N–H and O–H groups in total. The van der Waals surface area contributed by atoms with Crippen molar-refractivity contribution in [2.45, 2.75) is 31.1 Å². The van der Waals surface area contributed by atoms with Crippen LogP contribution in [0.2, 0.25) is 0 Å². The standard InChI is InChI=1S/C58H41N3O/c1-3-13-37(14-4-1)39-23-27-41(28-24-39)56-59-57(42-29-25-40(26-30-42)38-15-5-2-6-16-38)61-58(60-56)54-50(33-34-51-49-21-11-12-22-53(49)62-55(51)54)48-32-31-45-35-43-17-7-8-18-44(43)36-52(45)47-20-10-9-19-46(47)48/h1-15,17-30,33-36,38,48H,16,31-32H2. The highest BCUT2D eigenvalue weighted by atomic mass is 16.3. The zero-order chi connectivity index (χ0) is 41.0. The van der Waals surface area contributed by atoms with E-state index in [0.717, 1.165) is 69.0 Å². The van der Waals surface area contributed by atoms with Gasteiger partial charge in [-0.3, -0.25) is 0 Å². The first-order valence-electron chi connectivity index (χ1n) is 21.6. The second kappa shape index (κ2) is 15.1. The second-order valence-corrected chi connectivity index (χ2v) is 16.6. The number of rotatable bonds is 6. The Balaban J connectivity index is 1.07. The molecule has 62 heavy (non-hydrogen) atoms. The molecule has 0 spiro atoms. The van der Waals surface area contributed by atoms with E-state index >= 15 is 0 Å². The van der Waals surface area contributed by atoms with E-state index in [1.165, 1.54) is 44.2 Å². The van der Waals surface area contributed by atoms with Gasteiger partial charge in [0.25, 0.3) is 0 Å². The number of allylic oxidation sites excluding steroid dienone is 4. The summed E-state index contributed by atoms with van der Waals surface area (Å²) >= 11 is 0. The summed E-state index contributed by atoms with van der Waals surface area (Å²) in [6.45, 7) is 0. The highest BCUT2D eigenvalue weighted by Crippen LogP contribution is 2.48. The number of fused-ring (bicyclic) bond motifs is 7. The number of aromatic nitrogens is 3. The van der Waals surface area contributed by atoms with Crippen LogP contribution in [0.15, 0.2) is 205 Å². The minimum Gasteiger partial charge on any atom is -0.455 e. The van der Waals surface area contributed by atoms with Crippen LogP contribution in [0.25, 0.3) is 89.1 Å². The van der Waals surface area contributed by atoms with E-state index in [0.29, 0.717) is 23.4 Å². The molecule has 10 aromatic rings. The third-order valence-electron chi connectivity index (χ3n) is 12.9. The van der Waals surface area contributed by atoms with Crippen LogP contribution in [0, 0.1) is 0 Å². The van der Waals surface area contributed by atoms with Crippen molar-refractivity contribution in [2.24, 2.45) is 0 Å². The van der Waals surface area contributed by atoms with Gasteiger partial charge in [-0.15, -0.1) is 0 Å². The lowest BCUT2D eigenvalue weighted by Gasteiger charge is -2.22. The van der Waals surface area contributed by atoms with E-state index in [1.807, 2.05) is 12.1 Å². The van der Waals surface area contributed by atoms with Gasteiger partial charge in [0.2, 0.25) is 0 Å². The van der Waals surface area contributed by atoms with Gasteiger partial charge in [-0.2, -0.15) is 0 Å². The van der Waals surface area contributed by atoms with Crippen LogP contribution in [0.4, 0.5) is 0 Å². The Kier molecular flexibility index (Phi) is 8.81. The first-order chi connectivity index (χ1) is 30.7. The number of benzene rings is 8. The van der Waals surface area contributed by atoms with Crippen molar-refractivity contribution in [3.63, 3.8) is 0 Å². The first kappa shape index (κ1) is 36.2. The normalized spacial score (nSPS) is 15.7. The summed E-state index contributed by atoms with van der Waals surface area (Å²) in [5.74, 6) is 2.24. The number of aryl methyl sites for hydroxylation is 1. The molecule has 4 nitrogen and oxygen atoms in total. The number of furan rings is 1. The van der Waals surface area contributed by atoms with E-state index in [1.54, 1.807) is 0 Å². The van der Waals surface area contributed by atoms with Crippen molar-refractivity contribution >= 4 is 32.7 Å². The highest BCUT2D eigenvalue weighted by molar-refractivity contribution is 6.10. The molecule has 0 fully saturated rings. The molecule has 0 saturated carbocycles. The van der Waals surface area contributed by atoms with Crippen molar-refractivity contribution in [2.75, 3.05) is 0 Å². The van der Waals surface area contributed by atoms with Gasteiger partial charge in [0.05, 0.1) is 5.56 Å². The van der Waals surface area contributed by atoms with Crippen molar-refractivity contribution in [1.82, 2.24) is 15.0 Å². The number of hydrogen-bond acceptors (Lipinski definition) is 4. The van der Waals surface area contributed by atoms with Gasteiger partial charge < -0.3 is 4.42 Å². The lowest BCUT2D eigenvalue weighted by Crippen LogP contribution is -2.07. The lowest BCUT2D eigenvalue weighted by molar-refractivity contribution is 0.666. The molecule has 12 rings (SSSR count). The predicted molar refractivity (Wildman–Crippen MR) is 254 cm³/mol. The van der Waals surface area contributed by atoms with E-state index in [9.17, 15) is 0 Å². The molecule has 0 amide bonds. The summed E-state index contributed by atoms with van der Waals surface area (Å²) < 4.78 is 6.93. The quantitative estimate of drug-likeness (QED) is 0.168. The topological polar surface area (TPSA) is 51.8 Å². The van der Waals surface area contributed by atoms with Crippen LogP contribution in [0.5, 0.6) is 0 Å². The Morgan fingerprint density at radius 1 is 0.484 bits per heavy atom. The largest absolute Gasteiger partial charge is 0.455 e. The number of nitrogens with zero attached hydrogens (tertiary/aromatic N) is 3. The van der Waals surface area contributed by atoms with Crippen LogP contribution < -0.4 is 0 Å². The van der Waals surface area contributed by atoms with Crippen molar-refractivity contribution in [3.05, 3.63) is 222 Å². The zero-order valence-electron chi connectivity index (χ0n) is 34.1. The predicted octanol–water partition coefficient (Wildman–Crippen LogP) is 14.9. The molecule has 4 heteroatoms. The summed E-state index contributed by atoms with van der Waals surface area (Å²) in [4.78, 5) is 16.1. The van der Waals surface area contributed by atoms with Gasteiger partial charge in [0, 0.05) is 33.7 Å². The molecule has 2 aromatic heterocycles. The fourth-order valence-electron chi connectivity index (χ4n) is 9.79. The molecule has 294 valence electrons. The molecule has 0 aliphatic heterocycles. The third kappa shape index (κ3) is 6.35. The Hall–Kier alpha value is -7.69. The fourth-order valence-corrected chi connectivity index (χ4v) is 9.79. The summed E-state index contributed by atoms with van der Waals surface area (Å²) in [6, 6.07) is 63.1. The van der Waals surface area contributed by atoms with E-state index in [-0.39, 0.29) is 5.92 Å². The molecule has 2 aliphatic rings. The smallest absolute Gasteiger partial charge is 0.168 e. The van der Waals surface area contributed by atoms with Gasteiger partial charge >= 0.3 is 0 Å². The molecule has 2 aliphatic carbocycles. The van der Waals surface area contributed by atoms with Crippen molar-refractivity contribution in [1.29, 1.82) is 0 Å². The van der Waals surface area contributed by atoms with E-state index in [4.69, 9.17) is 19.4 Å². The van der Waals surface area contributed by atoms with Crippen LogP contribution in [0.1, 0.15) is 46.9 Å². The monoisotopic (exact) mass is 795 g/mol. The van der Waals surface area contributed by atoms with E-state index in [2.05, 4.69) is 188 Å². The molecule has 0 radical (unpaired) electrons. The highest BCUT2D eigenvalue weighted by Gasteiger charge is 2.30. The van der Waals surface area contributed by atoms with Gasteiger partial charge in [0.15, 0.2) is 17.5 Å². The Morgan fingerprint density at radius 2 is 1.15 bits per heavy atom. The van der Waals surface area contributed by atoms with Gasteiger partial charge in [-0.1, -0.05) is 188 Å². The zero-order valence-corrected chi connectivity index (χ0v) is 34.1. The van der Waals surface area contributed by atoms with Gasteiger partial charge in [-0.25, -0.2) is 15.0 Å². The van der Waals surface area contributed by atoms with Crippen LogP contribution in [-0.2, 0) is 6.42 Å². The summed E-state index contributed by atoms with van der Waals surface area (Å²) in [5.41, 5.74) is 14.4. The fraction of sp³-hybridized carbons (Fsp3) is 0.0862. The molecular weight excluding hydrogens is 755 g/mol. The van der Waals surface area contributed by atoms with Gasteiger partial charge in [-0.05, 0) is 86.7 Å². The molecule has 2 heterocycles. The third-order valence-corrected chi connectivity index (χ3v) is 12.9. The van der Waals surface area contributed by atoms with Crippen molar-refractivity contribution < 1.29 is 4.42 Å². The Labute approximate surface area is 360 Å². The average molecular weight is 796 g/mol. The second-order valence-electron chi connectivity index (χ2n) is 16.6. The maximum Gasteiger partial charge on any atom is 0.168 e. The summed E-state index contributed by atoms with van der Waals surface area (Å²) in [5, 5.41) is 4.65. The molecule has 8 aromatic carbocycles. The SMILES string of the molecule is C1=CCC(c2ccc(-c3nc(-c4ccc(-c5ccccc5)cc4)nc(-c4c(C5CCc6cc7ccccc7cc6-c6ccccc65)ccc5c4oc4ccccc45)n3)cc2)C=C1. The van der Waals surface area contributed by atoms with Crippen molar-refractivity contribution in [3.8, 4) is 56.4 Å². The average Bonchev–Trinajstić information content (AvgIpc) is 3.65. The maximum absolute atomic E-state index is 6.93. The Bertz CT molecular complexity index is 3380. The van der Waals surface area contributed by atoms with Crippen LogP contribution in [0.3, 0.4) is 0 Å². The maximum atomic E-state index is 6.93. The lowest BCUT2D eigenvalue weighted by atomic mass is 9.82. The molecule has 0 saturated heterocycles. The van der Waals surface area contributed by atoms with Gasteiger partial charge in [0.1, 0.15) is 11.2 Å². The Morgan fingerprint density at radius 3 is 1.94 bits per heavy atom. The molecule has 2 atom stereocenters. The van der Waals surface area contributed by atoms with Crippen LogP contribution in [-0.4, -0.2) is 15.0 Å². The molecule has 2 unspecified atom stereocenters. The summed E-state index contributed by atoms with van der Waals surface area (Å²) in [7, 11) is 0. The number of hydrogen-bond donors (Lipinski definition) is 0. The van der Waals surface area contributed by atoms with E-state index < -0.39 is 0 Å².